The minimum absolute atomic E-state index is 0.116. The van der Waals surface area contributed by atoms with Gasteiger partial charge in [0.2, 0.25) is 5.91 Å². The minimum atomic E-state index is -0.152. The van der Waals surface area contributed by atoms with E-state index in [4.69, 9.17) is 0 Å². The fourth-order valence-corrected chi connectivity index (χ4v) is 4.76. The van der Waals surface area contributed by atoms with Crippen LogP contribution in [0.2, 0.25) is 0 Å². The molecule has 3 fully saturated rings. The third-order valence-electron chi connectivity index (χ3n) is 6.58. The first-order valence-electron chi connectivity index (χ1n) is 10.5. The molecule has 6 heteroatoms. The first-order valence-corrected chi connectivity index (χ1v) is 10.5. The lowest BCUT2D eigenvalue weighted by atomic mass is 9.89. The van der Waals surface area contributed by atoms with Crippen LogP contribution in [0.25, 0.3) is 0 Å². The third-order valence-corrected chi connectivity index (χ3v) is 6.58. The Bertz CT molecular complexity index is 616. The Balaban J connectivity index is 1.40. The highest BCUT2D eigenvalue weighted by molar-refractivity contribution is 5.82. The van der Waals surface area contributed by atoms with Crippen molar-refractivity contribution >= 4 is 5.91 Å². The Morgan fingerprint density at radius 2 is 1.96 bits per heavy atom. The summed E-state index contributed by atoms with van der Waals surface area (Å²) in [6.07, 6.45) is 3.54. The number of likely N-dealkylation sites (tertiary alicyclic amines) is 1. The number of fused-ring (bicyclic) bond motifs is 1. The molecule has 4 unspecified atom stereocenters. The number of hydrogen-bond acceptors (Lipinski definition) is 5. The fraction of sp³-hybridized carbons (Fsp3) is 0.667. The lowest BCUT2D eigenvalue weighted by Crippen LogP contribution is -2.51. The van der Waals surface area contributed by atoms with Crippen molar-refractivity contribution in [3.05, 3.63) is 35.9 Å². The summed E-state index contributed by atoms with van der Waals surface area (Å²) in [6.45, 7) is 7.13. The molecule has 0 radical (unpaired) electrons. The first kappa shape index (κ1) is 18.9. The molecular weight excluding hydrogens is 338 g/mol. The second kappa shape index (κ2) is 8.69. The van der Waals surface area contributed by atoms with Gasteiger partial charge in [0.25, 0.3) is 0 Å². The lowest BCUT2D eigenvalue weighted by Gasteiger charge is -2.37. The molecule has 0 aromatic heterocycles. The SMILES string of the molecule is CC1CCN(C(CNC(=O)C2NNC3CCNCC32)c2ccccc2)CC1. The number of benzene rings is 1. The van der Waals surface area contributed by atoms with Crippen LogP contribution in [0.15, 0.2) is 30.3 Å². The summed E-state index contributed by atoms with van der Waals surface area (Å²) in [5, 5.41) is 6.67. The molecule has 27 heavy (non-hydrogen) atoms. The van der Waals surface area contributed by atoms with E-state index in [2.05, 4.69) is 63.6 Å². The maximum atomic E-state index is 12.9. The highest BCUT2D eigenvalue weighted by Gasteiger charge is 2.41. The summed E-state index contributed by atoms with van der Waals surface area (Å²) >= 11 is 0. The van der Waals surface area contributed by atoms with Gasteiger partial charge in [-0.25, -0.2) is 5.43 Å². The maximum Gasteiger partial charge on any atom is 0.238 e. The van der Waals surface area contributed by atoms with Crippen molar-refractivity contribution in [1.82, 2.24) is 26.4 Å². The molecule has 6 nitrogen and oxygen atoms in total. The average molecular weight is 372 g/mol. The average Bonchev–Trinajstić information content (AvgIpc) is 3.14. The third kappa shape index (κ3) is 4.35. The molecule has 4 N–H and O–H groups in total. The lowest BCUT2D eigenvalue weighted by molar-refractivity contribution is -0.124. The number of amides is 1. The summed E-state index contributed by atoms with van der Waals surface area (Å²) in [5.41, 5.74) is 7.84. The Morgan fingerprint density at radius 1 is 1.19 bits per heavy atom. The molecule has 3 saturated heterocycles. The van der Waals surface area contributed by atoms with Crippen LogP contribution in [0.5, 0.6) is 0 Å². The van der Waals surface area contributed by atoms with Crippen LogP contribution >= 0.6 is 0 Å². The van der Waals surface area contributed by atoms with E-state index in [1.54, 1.807) is 0 Å². The predicted molar refractivity (Wildman–Crippen MR) is 107 cm³/mol. The summed E-state index contributed by atoms with van der Waals surface area (Å²) in [4.78, 5) is 15.5. The molecule has 3 aliphatic rings. The van der Waals surface area contributed by atoms with Gasteiger partial charge in [-0.15, -0.1) is 0 Å². The van der Waals surface area contributed by atoms with Gasteiger partial charge in [0, 0.05) is 25.0 Å². The van der Waals surface area contributed by atoms with Gasteiger partial charge in [0.05, 0.1) is 6.04 Å². The van der Waals surface area contributed by atoms with Gasteiger partial charge in [0.15, 0.2) is 0 Å². The molecule has 3 heterocycles. The molecular formula is C21H33N5O. The largest absolute Gasteiger partial charge is 0.353 e. The van der Waals surface area contributed by atoms with E-state index < -0.39 is 0 Å². The standard InChI is InChI=1S/C21H33N5O/c1-15-8-11-26(12-9-15)19(16-5-3-2-4-6-16)14-23-21(27)20-17-13-22-10-7-18(17)24-25-20/h2-6,15,17-20,22,24-25H,7-14H2,1H3,(H,23,27). The summed E-state index contributed by atoms with van der Waals surface area (Å²) in [6, 6.07) is 11.1. The van der Waals surface area contributed by atoms with Gasteiger partial charge in [-0.3, -0.25) is 15.1 Å². The molecule has 148 valence electrons. The Hall–Kier alpha value is -1.47. The van der Waals surface area contributed by atoms with Crippen molar-refractivity contribution in [1.29, 1.82) is 0 Å². The van der Waals surface area contributed by atoms with Crippen LogP contribution < -0.4 is 21.5 Å². The molecule has 4 atom stereocenters. The molecule has 0 spiro atoms. The summed E-state index contributed by atoms with van der Waals surface area (Å²) in [5.74, 6) is 1.24. The zero-order valence-corrected chi connectivity index (χ0v) is 16.3. The Labute approximate surface area is 162 Å². The Kier molecular flexibility index (Phi) is 6.08. The first-order chi connectivity index (χ1) is 13.2. The summed E-state index contributed by atoms with van der Waals surface area (Å²) in [7, 11) is 0. The van der Waals surface area contributed by atoms with E-state index in [0.29, 0.717) is 18.5 Å². The van der Waals surface area contributed by atoms with Gasteiger partial charge in [-0.2, -0.15) is 0 Å². The van der Waals surface area contributed by atoms with E-state index >= 15 is 0 Å². The predicted octanol–water partition coefficient (Wildman–Crippen LogP) is 1.03. The fourth-order valence-electron chi connectivity index (χ4n) is 4.76. The van der Waals surface area contributed by atoms with Crippen LogP contribution in [-0.4, -0.2) is 55.6 Å². The van der Waals surface area contributed by atoms with Crippen molar-refractivity contribution < 1.29 is 4.79 Å². The van der Waals surface area contributed by atoms with E-state index in [-0.39, 0.29) is 18.0 Å². The van der Waals surface area contributed by atoms with Crippen molar-refractivity contribution in [2.24, 2.45) is 11.8 Å². The molecule has 0 saturated carbocycles. The van der Waals surface area contributed by atoms with Gasteiger partial charge >= 0.3 is 0 Å². The van der Waals surface area contributed by atoms with Crippen molar-refractivity contribution in [2.45, 2.75) is 44.3 Å². The molecule has 1 aromatic rings. The number of piperidine rings is 2. The molecule has 1 amide bonds. The van der Waals surface area contributed by atoms with Gasteiger partial charge in [-0.1, -0.05) is 37.3 Å². The normalized spacial score (nSPS) is 30.6. The highest BCUT2D eigenvalue weighted by atomic mass is 16.2. The molecule has 4 rings (SSSR count). The van der Waals surface area contributed by atoms with Crippen LogP contribution in [0.3, 0.4) is 0 Å². The second-order valence-electron chi connectivity index (χ2n) is 8.42. The minimum Gasteiger partial charge on any atom is -0.353 e. The van der Waals surface area contributed by atoms with Crippen LogP contribution in [-0.2, 0) is 4.79 Å². The van der Waals surface area contributed by atoms with E-state index in [0.717, 1.165) is 38.5 Å². The Morgan fingerprint density at radius 3 is 2.74 bits per heavy atom. The zero-order chi connectivity index (χ0) is 18.6. The van der Waals surface area contributed by atoms with Crippen LogP contribution in [0, 0.1) is 11.8 Å². The molecule has 0 bridgehead atoms. The van der Waals surface area contributed by atoms with Crippen molar-refractivity contribution in [2.75, 3.05) is 32.7 Å². The summed E-state index contributed by atoms with van der Waals surface area (Å²) < 4.78 is 0. The molecule has 1 aromatic carbocycles. The van der Waals surface area contributed by atoms with E-state index in [1.807, 2.05) is 0 Å². The molecule has 0 aliphatic carbocycles. The number of hydrazine groups is 1. The van der Waals surface area contributed by atoms with Gasteiger partial charge < -0.3 is 10.6 Å². The van der Waals surface area contributed by atoms with Crippen molar-refractivity contribution in [3.8, 4) is 0 Å². The van der Waals surface area contributed by atoms with E-state index in [1.165, 1.54) is 18.4 Å². The highest BCUT2D eigenvalue weighted by Crippen LogP contribution is 2.27. The van der Waals surface area contributed by atoms with Crippen molar-refractivity contribution in [3.63, 3.8) is 0 Å². The maximum absolute atomic E-state index is 12.9. The van der Waals surface area contributed by atoms with E-state index in [9.17, 15) is 4.79 Å². The molecule has 3 aliphatic heterocycles. The zero-order valence-electron chi connectivity index (χ0n) is 16.3. The number of carbonyl (C=O) groups excluding carboxylic acids is 1. The smallest absolute Gasteiger partial charge is 0.238 e. The van der Waals surface area contributed by atoms with Crippen LogP contribution in [0.1, 0.15) is 37.8 Å². The van der Waals surface area contributed by atoms with Crippen LogP contribution in [0.4, 0.5) is 0 Å². The van der Waals surface area contributed by atoms with Gasteiger partial charge in [0.1, 0.15) is 6.04 Å². The number of nitrogens with zero attached hydrogens (tertiary/aromatic N) is 1. The quantitative estimate of drug-likeness (QED) is 0.623. The van der Waals surface area contributed by atoms with Gasteiger partial charge in [-0.05, 0) is 50.4 Å². The topological polar surface area (TPSA) is 68.4 Å². The number of rotatable bonds is 5. The number of carbonyl (C=O) groups is 1. The second-order valence-corrected chi connectivity index (χ2v) is 8.42. The number of hydrogen-bond donors (Lipinski definition) is 4. The monoisotopic (exact) mass is 371 g/mol. The number of nitrogens with one attached hydrogen (secondary N) is 4.